The zero-order valence-electron chi connectivity index (χ0n) is 9.54. The summed E-state index contributed by atoms with van der Waals surface area (Å²) in [4.78, 5) is 10.2. The van der Waals surface area contributed by atoms with E-state index in [1.807, 2.05) is 13.8 Å². The normalized spacial score (nSPS) is 9.07. The van der Waals surface area contributed by atoms with Gasteiger partial charge in [0.1, 0.15) is 6.61 Å². The number of methoxy groups -OCH3 is 1. The lowest BCUT2D eigenvalue weighted by Crippen LogP contribution is -2.18. The Hall–Kier alpha value is -0.610. The average Bonchev–Trinajstić information content (AvgIpc) is 2.19. The molecule has 1 amide bonds. The molecule has 0 unspecified atom stereocenters. The van der Waals surface area contributed by atoms with E-state index in [0.29, 0.717) is 6.61 Å². The van der Waals surface area contributed by atoms with E-state index < -0.39 is 5.91 Å². The third kappa shape index (κ3) is 17.5. The van der Waals surface area contributed by atoms with Gasteiger partial charge in [0.25, 0.3) is 0 Å². The topological polar surface area (TPSA) is 61.6 Å². The Labute approximate surface area is 86.8 Å². The Morgan fingerprint density at radius 3 is 2.21 bits per heavy atom. The van der Waals surface area contributed by atoms with Gasteiger partial charge >= 0.3 is 0 Å². The fraction of sp³-hybridized carbons (Fsp3) is 0.900. The number of amides is 1. The molecule has 0 aliphatic rings. The second-order valence-electron chi connectivity index (χ2n) is 2.57. The minimum absolute atomic E-state index is 0.0320. The van der Waals surface area contributed by atoms with Crippen molar-refractivity contribution in [2.75, 3.05) is 26.9 Å². The van der Waals surface area contributed by atoms with Gasteiger partial charge in [-0.15, -0.1) is 0 Å². The minimum atomic E-state index is -0.410. The third-order valence-electron chi connectivity index (χ3n) is 1.38. The number of hydrogen-bond acceptors (Lipinski definition) is 3. The third-order valence-corrected chi connectivity index (χ3v) is 1.38. The van der Waals surface area contributed by atoms with Crippen LogP contribution in [0.15, 0.2) is 0 Å². The molecule has 2 N–H and O–H groups in total. The highest BCUT2D eigenvalue weighted by molar-refractivity contribution is 5.74. The van der Waals surface area contributed by atoms with Crippen LogP contribution in [-0.2, 0) is 14.3 Å². The van der Waals surface area contributed by atoms with Crippen LogP contribution in [0.25, 0.3) is 0 Å². The van der Waals surface area contributed by atoms with Crippen LogP contribution in [0.5, 0.6) is 0 Å². The maximum absolute atomic E-state index is 10.2. The number of hydrogen-bond donors (Lipinski definition) is 1. The number of primary amides is 1. The van der Waals surface area contributed by atoms with Crippen molar-refractivity contribution in [2.24, 2.45) is 5.73 Å². The van der Waals surface area contributed by atoms with Crippen LogP contribution in [0.3, 0.4) is 0 Å². The van der Waals surface area contributed by atoms with Gasteiger partial charge in [0.15, 0.2) is 0 Å². The highest BCUT2D eigenvalue weighted by atomic mass is 16.5. The van der Waals surface area contributed by atoms with Gasteiger partial charge in [0, 0.05) is 20.3 Å². The monoisotopic (exact) mass is 205 g/mol. The molecule has 0 aromatic carbocycles. The molecular formula is C10H23NO3. The smallest absolute Gasteiger partial charge is 0.243 e. The Balaban J connectivity index is 0. The van der Waals surface area contributed by atoms with Crippen molar-refractivity contribution in [3.05, 3.63) is 0 Å². The molecule has 0 aliphatic carbocycles. The van der Waals surface area contributed by atoms with Crippen LogP contribution in [0.4, 0.5) is 0 Å². The Bertz CT molecular complexity index is 118. The highest BCUT2D eigenvalue weighted by Crippen LogP contribution is 1.95. The van der Waals surface area contributed by atoms with Gasteiger partial charge in [-0.05, 0) is 19.3 Å². The summed E-state index contributed by atoms with van der Waals surface area (Å²) in [6.07, 6.45) is 3.06. The molecule has 0 saturated carbocycles. The molecule has 0 fully saturated rings. The van der Waals surface area contributed by atoms with Gasteiger partial charge in [0.2, 0.25) is 5.91 Å². The van der Waals surface area contributed by atoms with Crippen molar-refractivity contribution in [2.45, 2.75) is 33.1 Å². The van der Waals surface area contributed by atoms with Crippen LogP contribution in [-0.4, -0.2) is 32.8 Å². The lowest BCUT2D eigenvalue weighted by atomic mass is 10.2. The zero-order chi connectivity index (χ0) is 11.2. The number of unbranched alkanes of at least 4 members (excludes halogenated alkanes) is 2. The average molecular weight is 205 g/mol. The molecule has 4 nitrogen and oxygen atoms in total. The Morgan fingerprint density at radius 2 is 1.71 bits per heavy atom. The van der Waals surface area contributed by atoms with Gasteiger partial charge in [-0.25, -0.2) is 0 Å². The molecular weight excluding hydrogens is 182 g/mol. The molecule has 0 bridgehead atoms. The fourth-order valence-corrected chi connectivity index (χ4v) is 0.800. The van der Waals surface area contributed by atoms with Crippen molar-refractivity contribution in [1.82, 2.24) is 0 Å². The van der Waals surface area contributed by atoms with E-state index in [9.17, 15) is 4.79 Å². The summed E-state index contributed by atoms with van der Waals surface area (Å²) in [6, 6.07) is 0. The maximum Gasteiger partial charge on any atom is 0.243 e. The quantitative estimate of drug-likeness (QED) is 0.608. The van der Waals surface area contributed by atoms with Crippen LogP contribution >= 0.6 is 0 Å². The maximum atomic E-state index is 10.2. The molecule has 0 saturated heterocycles. The second kappa shape index (κ2) is 14.9. The molecule has 0 aromatic heterocycles. The second-order valence-corrected chi connectivity index (χ2v) is 2.57. The summed E-state index contributed by atoms with van der Waals surface area (Å²) in [5.41, 5.74) is 4.87. The first-order valence-electron chi connectivity index (χ1n) is 5.12. The number of ether oxygens (including phenoxy) is 2. The number of carbonyl (C=O) groups excluding carboxylic acids is 1. The first-order chi connectivity index (χ1) is 6.77. The molecule has 86 valence electrons. The van der Waals surface area contributed by atoms with Crippen molar-refractivity contribution < 1.29 is 14.3 Å². The zero-order valence-corrected chi connectivity index (χ0v) is 9.54. The Kier molecular flexibility index (Phi) is 16.9. The van der Waals surface area contributed by atoms with E-state index in [4.69, 9.17) is 15.2 Å². The molecule has 0 aromatic rings. The van der Waals surface area contributed by atoms with Crippen molar-refractivity contribution in [1.29, 1.82) is 0 Å². The van der Waals surface area contributed by atoms with Crippen molar-refractivity contribution >= 4 is 5.91 Å². The highest BCUT2D eigenvalue weighted by Gasteiger charge is 1.93. The SMILES string of the molecule is CC.COCCCCCOCC(N)=O. The van der Waals surface area contributed by atoms with Crippen molar-refractivity contribution in [3.63, 3.8) is 0 Å². The van der Waals surface area contributed by atoms with E-state index in [0.717, 1.165) is 25.9 Å². The van der Waals surface area contributed by atoms with Crippen LogP contribution in [0, 0.1) is 0 Å². The summed E-state index contributed by atoms with van der Waals surface area (Å²) in [7, 11) is 1.68. The van der Waals surface area contributed by atoms with E-state index in [1.165, 1.54) is 0 Å². The van der Waals surface area contributed by atoms with Crippen LogP contribution in [0.2, 0.25) is 0 Å². The predicted molar refractivity (Wildman–Crippen MR) is 57.1 cm³/mol. The minimum Gasteiger partial charge on any atom is -0.385 e. The summed E-state index contributed by atoms with van der Waals surface area (Å²) < 4.78 is 9.83. The summed E-state index contributed by atoms with van der Waals surface area (Å²) in [5.74, 6) is -0.410. The number of nitrogens with two attached hydrogens (primary N) is 1. The lowest BCUT2D eigenvalue weighted by Gasteiger charge is -2.01. The first kappa shape index (κ1) is 15.8. The standard InChI is InChI=1S/C8H17NO3.C2H6/c1-11-5-3-2-4-6-12-7-8(9)10;1-2/h2-7H2,1H3,(H2,9,10);1-2H3. The molecule has 4 heteroatoms. The molecule has 0 aliphatic heterocycles. The number of rotatable bonds is 8. The molecule has 14 heavy (non-hydrogen) atoms. The summed E-state index contributed by atoms with van der Waals surface area (Å²) >= 11 is 0. The molecule has 0 heterocycles. The largest absolute Gasteiger partial charge is 0.385 e. The fourth-order valence-electron chi connectivity index (χ4n) is 0.800. The van der Waals surface area contributed by atoms with Crippen molar-refractivity contribution in [3.8, 4) is 0 Å². The van der Waals surface area contributed by atoms with Gasteiger partial charge < -0.3 is 15.2 Å². The van der Waals surface area contributed by atoms with E-state index in [1.54, 1.807) is 7.11 Å². The summed E-state index contributed by atoms with van der Waals surface area (Å²) in [5, 5.41) is 0. The van der Waals surface area contributed by atoms with Gasteiger partial charge in [-0.3, -0.25) is 4.79 Å². The van der Waals surface area contributed by atoms with E-state index in [2.05, 4.69) is 0 Å². The summed E-state index contributed by atoms with van der Waals surface area (Å²) in [6.45, 7) is 5.42. The van der Waals surface area contributed by atoms with Gasteiger partial charge in [-0.1, -0.05) is 13.8 Å². The van der Waals surface area contributed by atoms with Crippen LogP contribution in [0.1, 0.15) is 33.1 Å². The molecule has 0 atom stereocenters. The Morgan fingerprint density at radius 1 is 1.14 bits per heavy atom. The lowest BCUT2D eigenvalue weighted by molar-refractivity contribution is -0.122. The first-order valence-corrected chi connectivity index (χ1v) is 5.12. The van der Waals surface area contributed by atoms with Gasteiger partial charge in [-0.2, -0.15) is 0 Å². The molecule has 0 radical (unpaired) electrons. The molecule has 0 rings (SSSR count). The predicted octanol–water partition coefficient (Wildman–Crippen LogP) is 1.33. The number of carbonyl (C=O) groups is 1. The van der Waals surface area contributed by atoms with Gasteiger partial charge in [0.05, 0.1) is 0 Å². The van der Waals surface area contributed by atoms with E-state index in [-0.39, 0.29) is 6.61 Å². The van der Waals surface area contributed by atoms with Crippen LogP contribution < -0.4 is 5.73 Å². The van der Waals surface area contributed by atoms with E-state index >= 15 is 0 Å². The molecule has 0 spiro atoms.